The molecule has 0 aliphatic rings. The van der Waals surface area contributed by atoms with E-state index in [0.717, 1.165) is 11.1 Å². The van der Waals surface area contributed by atoms with Crippen molar-refractivity contribution in [3.8, 4) is 12.3 Å². The average molecular weight is 274 g/mol. The number of nitrogens with zero attached hydrogens (tertiary/aromatic N) is 1. The minimum Gasteiger partial charge on any atom is -0.481 e. The number of carbonyl (C=O) groups excluding carboxylic acids is 1. The summed E-state index contributed by atoms with van der Waals surface area (Å²) in [6.07, 6.45) is 5.30. The summed E-state index contributed by atoms with van der Waals surface area (Å²) in [5, 5.41) is 11.5. The van der Waals surface area contributed by atoms with Crippen molar-refractivity contribution in [2.45, 2.75) is 13.5 Å². The Bertz CT molecular complexity index is 534. The van der Waals surface area contributed by atoms with Crippen molar-refractivity contribution in [1.29, 1.82) is 0 Å². The summed E-state index contributed by atoms with van der Waals surface area (Å²) in [4.78, 5) is 23.9. The van der Waals surface area contributed by atoms with Crippen LogP contribution in [0.25, 0.3) is 0 Å². The lowest BCUT2D eigenvalue weighted by Crippen LogP contribution is -2.40. The number of amides is 2. The fraction of sp³-hybridized carbons (Fsp3) is 0.333. The molecule has 0 aromatic heterocycles. The van der Waals surface area contributed by atoms with Gasteiger partial charge in [0.2, 0.25) is 0 Å². The zero-order chi connectivity index (χ0) is 15.1. The van der Waals surface area contributed by atoms with Crippen LogP contribution in [-0.4, -0.2) is 35.6 Å². The first-order valence-electron chi connectivity index (χ1n) is 6.21. The van der Waals surface area contributed by atoms with Gasteiger partial charge in [-0.3, -0.25) is 4.79 Å². The summed E-state index contributed by atoms with van der Waals surface area (Å²) in [6.45, 7) is 2.06. The van der Waals surface area contributed by atoms with E-state index in [1.807, 2.05) is 24.3 Å². The third kappa shape index (κ3) is 4.65. The Morgan fingerprint density at radius 1 is 1.50 bits per heavy atom. The number of hydrogen-bond acceptors (Lipinski definition) is 2. The van der Waals surface area contributed by atoms with Gasteiger partial charge in [-0.15, -0.1) is 6.42 Å². The molecule has 0 radical (unpaired) electrons. The van der Waals surface area contributed by atoms with Gasteiger partial charge < -0.3 is 15.3 Å². The lowest BCUT2D eigenvalue weighted by Gasteiger charge is -2.20. The molecule has 1 unspecified atom stereocenters. The predicted octanol–water partition coefficient (Wildman–Crippen LogP) is 1.53. The Labute approximate surface area is 118 Å². The van der Waals surface area contributed by atoms with Crippen LogP contribution in [0, 0.1) is 18.3 Å². The molecule has 0 aliphatic heterocycles. The average Bonchev–Trinajstić information content (AvgIpc) is 2.44. The molecule has 0 spiro atoms. The number of nitrogens with one attached hydrogen (secondary N) is 1. The second-order valence-electron chi connectivity index (χ2n) is 4.62. The highest BCUT2D eigenvalue weighted by molar-refractivity contribution is 5.75. The van der Waals surface area contributed by atoms with E-state index in [2.05, 4.69) is 11.2 Å². The van der Waals surface area contributed by atoms with E-state index in [1.165, 1.54) is 4.90 Å². The van der Waals surface area contributed by atoms with Crippen LogP contribution in [0.2, 0.25) is 0 Å². The maximum absolute atomic E-state index is 11.8. The van der Waals surface area contributed by atoms with Crippen LogP contribution in [0.3, 0.4) is 0 Å². The van der Waals surface area contributed by atoms with Gasteiger partial charge >= 0.3 is 12.0 Å². The molecule has 0 aliphatic carbocycles. The number of terminal acetylenes is 1. The topological polar surface area (TPSA) is 69.6 Å². The number of benzene rings is 1. The second-order valence-corrected chi connectivity index (χ2v) is 4.62. The first kappa shape index (κ1) is 15.6. The number of carboxylic acids is 1. The van der Waals surface area contributed by atoms with Crippen molar-refractivity contribution in [3.63, 3.8) is 0 Å². The van der Waals surface area contributed by atoms with E-state index < -0.39 is 11.9 Å². The van der Waals surface area contributed by atoms with Crippen molar-refractivity contribution in [2.75, 3.05) is 13.6 Å². The van der Waals surface area contributed by atoms with Gasteiger partial charge in [0.15, 0.2) is 0 Å². The molecule has 5 heteroatoms. The number of aliphatic carboxylic acids is 1. The lowest BCUT2D eigenvalue weighted by molar-refractivity contribution is -0.141. The molecule has 106 valence electrons. The van der Waals surface area contributed by atoms with Crippen LogP contribution in [0.5, 0.6) is 0 Å². The molecule has 0 saturated heterocycles. The normalized spacial score (nSPS) is 11.2. The Kier molecular flexibility index (Phi) is 5.60. The third-order valence-corrected chi connectivity index (χ3v) is 2.85. The molecule has 2 N–H and O–H groups in total. The number of hydrogen-bond donors (Lipinski definition) is 2. The summed E-state index contributed by atoms with van der Waals surface area (Å²) in [6, 6.07) is 7.00. The van der Waals surface area contributed by atoms with Gasteiger partial charge in [-0.2, -0.15) is 0 Å². The highest BCUT2D eigenvalue weighted by Crippen LogP contribution is 2.04. The van der Waals surface area contributed by atoms with E-state index in [9.17, 15) is 9.59 Å². The maximum atomic E-state index is 11.8. The second kappa shape index (κ2) is 7.19. The summed E-state index contributed by atoms with van der Waals surface area (Å²) in [5.74, 6) is 1.00. The number of carboxylic acid groups (broad SMARTS) is 1. The Morgan fingerprint density at radius 2 is 2.20 bits per heavy atom. The van der Waals surface area contributed by atoms with Crippen LogP contribution >= 0.6 is 0 Å². The lowest BCUT2D eigenvalue weighted by atomic mass is 10.1. The van der Waals surface area contributed by atoms with Crippen LogP contribution < -0.4 is 5.32 Å². The first-order valence-corrected chi connectivity index (χ1v) is 6.21. The van der Waals surface area contributed by atoms with E-state index in [0.29, 0.717) is 6.54 Å². The molecule has 1 rings (SSSR count). The van der Waals surface area contributed by atoms with Crippen LogP contribution in [0.1, 0.15) is 18.1 Å². The molecular weight excluding hydrogens is 256 g/mol. The van der Waals surface area contributed by atoms with Gasteiger partial charge in [0.1, 0.15) is 0 Å². The predicted molar refractivity (Wildman–Crippen MR) is 76.0 cm³/mol. The fourth-order valence-corrected chi connectivity index (χ4v) is 1.66. The summed E-state index contributed by atoms with van der Waals surface area (Å²) < 4.78 is 0. The largest absolute Gasteiger partial charge is 0.481 e. The number of carbonyl (C=O) groups is 2. The maximum Gasteiger partial charge on any atom is 0.317 e. The fourth-order valence-electron chi connectivity index (χ4n) is 1.66. The first-order chi connectivity index (χ1) is 9.43. The van der Waals surface area contributed by atoms with Crippen molar-refractivity contribution in [3.05, 3.63) is 35.4 Å². The zero-order valence-corrected chi connectivity index (χ0v) is 11.6. The van der Waals surface area contributed by atoms with Crippen LogP contribution in [-0.2, 0) is 11.3 Å². The monoisotopic (exact) mass is 274 g/mol. The Morgan fingerprint density at radius 3 is 2.80 bits per heavy atom. The van der Waals surface area contributed by atoms with Crippen LogP contribution in [0.15, 0.2) is 24.3 Å². The summed E-state index contributed by atoms with van der Waals surface area (Å²) in [5.41, 5.74) is 1.65. The minimum absolute atomic E-state index is 0.158. The van der Waals surface area contributed by atoms with Crippen molar-refractivity contribution >= 4 is 12.0 Å². The minimum atomic E-state index is -0.925. The van der Waals surface area contributed by atoms with E-state index in [4.69, 9.17) is 11.5 Å². The molecule has 0 bridgehead atoms. The standard InChI is InChI=1S/C15H18N2O3/c1-4-12-6-5-7-13(8-12)9-16-15(20)17(3)10-11(2)14(18)19/h1,5-8,11H,9-10H2,2-3H3,(H,16,20)(H,18,19). The summed E-state index contributed by atoms with van der Waals surface area (Å²) in [7, 11) is 1.56. The smallest absolute Gasteiger partial charge is 0.317 e. The Hall–Kier alpha value is -2.48. The van der Waals surface area contributed by atoms with Gasteiger partial charge in [0, 0.05) is 25.7 Å². The van der Waals surface area contributed by atoms with E-state index in [-0.39, 0.29) is 12.6 Å². The van der Waals surface area contributed by atoms with E-state index >= 15 is 0 Å². The van der Waals surface area contributed by atoms with Gasteiger partial charge in [-0.1, -0.05) is 25.0 Å². The molecule has 1 aromatic carbocycles. The molecule has 1 atom stereocenters. The molecule has 1 aromatic rings. The van der Waals surface area contributed by atoms with Crippen molar-refractivity contribution in [1.82, 2.24) is 10.2 Å². The molecule has 2 amide bonds. The van der Waals surface area contributed by atoms with Gasteiger partial charge in [-0.25, -0.2) is 4.79 Å². The molecule has 20 heavy (non-hydrogen) atoms. The van der Waals surface area contributed by atoms with E-state index in [1.54, 1.807) is 14.0 Å². The third-order valence-electron chi connectivity index (χ3n) is 2.85. The van der Waals surface area contributed by atoms with Crippen molar-refractivity contribution < 1.29 is 14.7 Å². The number of rotatable bonds is 5. The van der Waals surface area contributed by atoms with Crippen molar-refractivity contribution in [2.24, 2.45) is 5.92 Å². The Balaban J connectivity index is 2.50. The molecule has 0 saturated carbocycles. The zero-order valence-electron chi connectivity index (χ0n) is 11.6. The quantitative estimate of drug-likeness (QED) is 0.800. The van der Waals surface area contributed by atoms with Gasteiger partial charge in [0.05, 0.1) is 5.92 Å². The highest BCUT2D eigenvalue weighted by Gasteiger charge is 2.16. The molecule has 5 nitrogen and oxygen atoms in total. The highest BCUT2D eigenvalue weighted by atomic mass is 16.4. The molecule has 0 heterocycles. The summed E-state index contributed by atoms with van der Waals surface area (Å²) >= 11 is 0. The SMILES string of the molecule is C#Cc1cccc(CNC(=O)N(C)CC(C)C(=O)O)c1. The van der Waals surface area contributed by atoms with Gasteiger partial charge in [0.25, 0.3) is 0 Å². The van der Waals surface area contributed by atoms with Gasteiger partial charge in [-0.05, 0) is 17.7 Å². The van der Waals surface area contributed by atoms with Crippen LogP contribution in [0.4, 0.5) is 4.79 Å². The molecular formula is C15H18N2O3. The molecule has 0 fully saturated rings. The number of urea groups is 1.